The molecule has 0 saturated heterocycles. The molecule has 0 heterocycles. The highest BCUT2D eigenvalue weighted by molar-refractivity contribution is 5.36. The number of benzene rings is 1. The highest BCUT2D eigenvalue weighted by atomic mass is 14.7. The topological polar surface area (TPSA) is 26.0 Å². The summed E-state index contributed by atoms with van der Waals surface area (Å²) >= 11 is 0. The Morgan fingerprint density at radius 3 is 2.85 bits per heavy atom. The molecule has 1 fully saturated rings. The summed E-state index contributed by atoms with van der Waals surface area (Å²) in [4.78, 5) is 0. The molecule has 0 spiro atoms. The van der Waals surface area contributed by atoms with E-state index >= 15 is 0 Å². The van der Waals surface area contributed by atoms with Crippen LogP contribution in [0.4, 0.5) is 0 Å². The lowest BCUT2D eigenvalue weighted by Crippen LogP contribution is -2.12. The molecule has 1 unspecified atom stereocenters. The third-order valence-electron chi connectivity index (χ3n) is 2.57. The lowest BCUT2D eigenvalue weighted by Gasteiger charge is -2.10. The second-order valence-electron chi connectivity index (χ2n) is 3.63. The van der Waals surface area contributed by atoms with Crippen LogP contribution in [-0.2, 0) is 0 Å². The van der Waals surface area contributed by atoms with Crippen molar-refractivity contribution >= 4 is 0 Å². The Morgan fingerprint density at radius 1 is 1.46 bits per heavy atom. The zero-order chi connectivity index (χ0) is 9.26. The zero-order valence-corrected chi connectivity index (χ0v) is 7.53. The summed E-state index contributed by atoms with van der Waals surface area (Å²) in [6.45, 7) is 0. The van der Waals surface area contributed by atoms with Gasteiger partial charge < -0.3 is 5.73 Å². The van der Waals surface area contributed by atoms with Gasteiger partial charge in [0, 0.05) is 11.6 Å². The van der Waals surface area contributed by atoms with Crippen molar-refractivity contribution in [3.8, 4) is 12.3 Å². The lowest BCUT2D eigenvalue weighted by molar-refractivity contribution is 0.633. The molecule has 66 valence electrons. The predicted molar refractivity (Wildman–Crippen MR) is 54.0 cm³/mol. The van der Waals surface area contributed by atoms with Gasteiger partial charge in [0.15, 0.2) is 0 Å². The summed E-state index contributed by atoms with van der Waals surface area (Å²) < 4.78 is 0. The van der Waals surface area contributed by atoms with Crippen molar-refractivity contribution in [1.82, 2.24) is 0 Å². The normalized spacial score (nSPS) is 17.8. The van der Waals surface area contributed by atoms with Crippen LogP contribution in [0.2, 0.25) is 0 Å². The van der Waals surface area contributed by atoms with Crippen LogP contribution in [0, 0.1) is 18.3 Å². The fraction of sp³-hybridized carbons (Fsp3) is 0.333. The molecule has 2 rings (SSSR count). The maximum absolute atomic E-state index is 6.06. The summed E-state index contributed by atoms with van der Waals surface area (Å²) in [6.07, 6.45) is 7.85. The van der Waals surface area contributed by atoms with E-state index in [-0.39, 0.29) is 6.04 Å². The molecule has 1 aromatic rings. The average molecular weight is 171 g/mol. The van der Waals surface area contributed by atoms with E-state index in [1.807, 2.05) is 18.2 Å². The molecular formula is C12H13N. The Kier molecular flexibility index (Phi) is 2.08. The van der Waals surface area contributed by atoms with Crippen LogP contribution in [-0.4, -0.2) is 0 Å². The third kappa shape index (κ3) is 1.74. The molecule has 1 heteroatoms. The second kappa shape index (κ2) is 3.24. The van der Waals surface area contributed by atoms with Crippen molar-refractivity contribution in [3.05, 3.63) is 35.4 Å². The third-order valence-corrected chi connectivity index (χ3v) is 2.57. The molecule has 1 aliphatic rings. The van der Waals surface area contributed by atoms with Crippen LogP contribution in [0.25, 0.3) is 0 Å². The van der Waals surface area contributed by atoms with Gasteiger partial charge in [-0.1, -0.05) is 18.1 Å². The van der Waals surface area contributed by atoms with E-state index in [0.29, 0.717) is 5.92 Å². The predicted octanol–water partition coefficient (Wildman–Crippen LogP) is 2.08. The van der Waals surface area contributed by atoms with Gasteiger partial charge in [-0.2, -0.15) is 0 Å². The number of hydrogen-bond donors (Lipinski definition) is 1. The Labute approximate surface area is 79.0 Å². The van der Waals surface area contributed by atoms with Crippen LogP contribution < -0.4 is 5.73 Å². The van der Waals surface area contributed by atoms with Gasteiger partial charge in [-0.05, 0) is 36.5 Å². The van der Waals surface area contributed by atoms with Gasteiger partial charge in [0.05, 0.1) is 0 Å². The molecule has 1 aliphatic carbocycles. The Hall–Kier alpha value is -1.26. The first-order valence-corrected chi connectivity index (χ1v) is 4.63. The molecule has 1 atom stereocenters. The van der Waals surface area contributed by atoms with Crippen LogP contribution >= 0.6 is 0 Å². The summed E-state index contributed by atoms with van der Waals surface area (Å²) in [6, 6.07) is 8.18. The van der Waals surface area contributed by atoms with Crippen molar-refractivity contribution in [2.24, 2.45) is 11.7 Å². The highest BCUT2D eigenvalue weighted by Crippen LogP contribution is 2.39. The summed E-state index contributed by atoms with van der Waals surface area (Å²) in [7, 11) is 0. The maximum atomic E-state index is 6.06. The number of hydrogen-bond acceptors (Lipinski definition) is 1. The molecule has 0 aromatic heterocycles. The van der Waals surface area contributed by atoms with E-state index in [9.17, 15) is 0 Å². The van der Waals surface area contributed by atoms with E-state index in [1.54, 1.807) is 0 Å². The van der Waals surface area contributed by atoms with Gasteiger partial charge >= 0.3 is 0 Å². The maximum Gasteiger partial charge on any atom is 0.0323 e. The quantitative estimate of drug-likeness (QED) is 0.677. The lowest BCUT2D eigenvalue weighted by atomic mass is 10.0. The molecule has 1 aromatic carbocycles. The van der Waals surface area contributed by atoms with Crippen LogP contribution in [0.3, 0.4) is 0 Å². The molecular weight excluding hydrogens is 158 g/mol. The van der Waals surface area contributed by atoms with Gasteiger partial charge in [-0.15, -0.1) is 6.42 Å². The number of nitrogens with two attached hydrogens (primary N) is 1. The minimum Gasteiger partial charge on any atom is -0.324 e. The SMILES string of the molecule is C#Cc1cccc(C(N)C2CC2)c1. The molecule has 2 N–H and O–H groups in total. The van der Waals surface area contributed by atoms with E-state index in [4.69, 9.17) is 12.2 Å². The van der Waals surface area contributed by atoms with Gasteiger partial charge in [0.2, 0.25) is 0 Å². The monoisotopic (exact) mass is 171 g/mol. The van der Waals surface area contributed by atoms with Gasteiger partial charge in [-0.3, -0.25) is 0 Å². The van der Waals surface area contributed by atoms with E-state index in [1.165, 1.54) is 18.4 Å². The molecule has 0 aliphatic heterocycles. The van der Waals surface area contributed by atoms with Crippen molar-refractivity contribution in [2.75, 3.05) is 0 Å². The van der Waals surface area contributed by atoms with Crippen molar-refractivity contribution in [2.45, 2.75) is 18.9 Å². The first-order chi connectivity index (χ1) is 6.31. The molecule has 13 heavy (non-hydrogen) atoms. The van der Waals surface area contributed by atoms with Gasteiger partial charge in [-0.25, -0.2) is 0 Å². The number of rotatable bonds is 2. The summed E-state index contributed by atoms with van der Waals surface area (Å²) in [5.74, 6) is 3.31. The van der Waals surface area contributed by atoms with E-state index in [0.717, 1.165) is 5.56 Å². The minimum absolute atomic E-state index is 0.188. The largest absolute Gasteiger partial charge is 0.324 e. The van der Waals surface area contributed by atoms with Crippen LogP contribution in [0.5, 0.6) is 0 Å². The molecule has 0 radical (unpaired) electrons. The Morgan fingerprint density at radius 2 is 2.23 bits per heavy atom. The smallest absolute Gasteiger partial charge is 0.0323 e. The van der Waals surface area contributed by atoms with Gasteiger partial charge in [0.1, 0.15) is 0 Å². The fourth-order valence-electron chi connectivity index (χ4n) is 1.56. The Bertz CT molecular complexity index is 344. The molecule has 0 bridgehead atoms. The first-order valence-electron chi connectivity index (χ1n) is 4.63. The molecule has 0 amide bonds. The fourth-order valence-corrected chi connectivity index (χ4v) is 1.56. The van der Waals surface area contributed by atoms with Gasteiger partial charge in [0.25, 0.3) is 0 Å². The standard InChI is InChI=1S/C12H13N/c1-2-9-4-3-5-11(8-9)12(13)10-6-7-10/h1,3-5,8,10,12H,6-7,13H2. The average Bonchev–Trinajstić information content (AvgIpc) is 3.00. The van der Waals surface area contributed by atoms with E-state index in [2.05, 4.69) is 12.0 Å². The zero-order valence-electron chi connectivity index (χ0n) is 7.53. The first kappa shape index (κ1) is 8.34. The van der Waals surface area contributed by atoms with Crippen molar-refractivity contribution in [1.29, 1.82) is 0 Å². The highest BCUT2D eigenvalue weighted by Gasteiger charge is 2.29. The van der Waals surface area contributed by atoms with Crippen molar-refractivity contribution in [3.63, 3.8) is 0 Å². The summed E-state index contributed by atoms with van der Waals surface area (Å²) in [5.41, 5.74) is 8.16. The van der Waals surface area contributed by atoms with Crippen LogP contribution in [0.1, 0.15) is 30.0 Å². The molecule has 1 nitrogen and oxygen atoms in total. The minimum atomic E-state index is 0.188. The molecule has 1 saturated carbocycles. The Balaban J connectivity index is 2.24. The van der Waals surface area contributed by atoms with Crippen molar-refractivity contribution < 1.29 is 0 Å². The van der Waals surface area contributed by atoms with Crippen LogP contribution in [0.15, 0.2) is 24.3 Å². The summed E-state index contributed by atoms with van der Waals surface area (Å²) in [5, 5.41) is 0. The second-order valence-corrected chi connectivity index (χ2v) is 3.63. The number of terminal acetylenes is 1. The van der Waals surface area contributed by atoms with E-state index < -0.39 is 0 Å².